The van der Waals surface area contributed by atoms with E-state index in [0.29, 0.717) is 6.54 Å². The van der Waals surface area contributed by atoms with Crippen molar-refractivity contribution in [1.29, 1.82) is 0 Å². The van der Waals surface area contributed by atoms with Crippen molar-refractivity contribution < 1.29 is 13.5 Å². The molecule has 2 nitrogen and oxygen atoms in total. The Morgan fingerprint density at radius 2 is 1.76 bits per heavy atom. The first-order chi connectivity index (χ1) is 10.1. The number of nitrogens with one attached hydrogen (secondary N) is 1. The highest BCUT2D eigenvalue weighted by atomic mass is 19.3. The van der Waals surface area contributed by atoms with Crippen LogP contribution in [0.4, 0.5) is 8.78 Å². The van der Waals surface area contributed by atoms with Crippen LogP contribution < -0.4 is 10.1 Å². The lowest BCUT2D eigenvalue weighted by atomic mass is 10.1. The molecule has 2 rings (SSSR count). The van der Waals surface area contributed by atoms with Crippen LogP contribution in [0.3, 0.4) is 0 Å². The number of halogens is 2. The van der Waals surface area contributed by atoms with Crippen molar-refractivity contribution in [2.45, 2.75) is 25.9 Å². The second-order valence-electron chi connectivity index (χ2n) is 4.92. The van der Waals surface area contributed by atoms with Crippen molar-refractivity contribution >= 4 is 0 Å². The highest BCUT2D eigenvalue weighted by Crippen LogP contribution is 2.21. The van der Waals surface area contributed by atoms with Gasteiger partial charge in [-0.05, 0) is 36.2 Å². The number of ether oxygens (including phenoxy) is 1. The van der Waals surface area contributed by atoms with E-state index in [1.807, 2.05) is 37.3 Å². The van der Waals surface area contributed by atoms with Crippen LogP contribution in [0.15, 0.2) is 48.5 Å². The third-order valence-corrected chi connectivity index (χ3v) is 3.43. The summed E-state index contributed by atoms with van der Waals surface area (Å²) in [6.45, 7) is 2.59. The molecule has 0 saturated carbocycles. The molecule has 0 amide bonds. The largest absolute Gasteiger partial charge is 0.497 e. The van der Waals surface area contributed by atoms with E-state index in [-0.39, 0.29) is 11.6 Å². The van der Waals surface area contributed by atoms with E-state index in [0.717, 1.165) is 16.9 Å². The van der Waals surface area contributed by atoms with E-state index in [4.69, 9.17) is 4.74 Å². The Bertz CT molecular complexity index is 569. The summed E-state index contributed by atoms with van der Waals surface area (Å²) in [6.07, 6.45) is -2.43. The van der Waals surface area contributed by atoms with Crippen LogP contribution in [0.2, 0.25) is 0 Å². The average molecular weight is 291 g/mol. The van der Waals surface area contributed by atoms with Gasteiger partial charge in [0.2, 0.25) is 0 Å². The van der Waals surface area contributed by atoms with Gasteiger partial charge >= 0.3 is 0 Å². The second-order valence-corrected chi connectivity index (χ2v) is 4.92. The molecule has 112 valence electrons. The molecule has 0 aliphatic heterocycles. The maximum Gasteiger partial charge on any atom is 0.263 e. The Balaban J connectivity index is 1.96. The third-order valence-electron chi connectivity index (χ3n) is 3.43. The maximum atomic E-state index is 12.6. The van der Waals surface area contributed by atoms with E-state index in [1.165, 1.54) is 6.07 Å². The summed E-state index contributed by atoms with van der Waals surface area (Å²) in [7, 11) is 1.63. The van der Waals surface area contributed by atoms with Gasteiger partial charge in [-0.15, -0.1) is 0 Å². The Hall–Kier alpha value is -1.94. The summed E-state index contributed by atoms with van der Waals surface area (Å²) in [4.78, 5) is 0. The molecule has 0 fully saturated rings. The van der Waals surface area contributed by atoms with Gasteiger partial charge in [0.1, 0.15) is 5.75 Å². The molecule has 1 atom stereocenters. The van der Waals surface area contributed by atoms with Crippen LogP contribution in [0.1, 0.15) is 36.1 Å². The smallest absolute Gasteiger partial charge is 0.263 e. The number of alkyl halides is 2. The number of hydrogen-bond acceptors (Lipinski definition) is 2. The maximum absolute atomic E-state index is 12.6. The van der Waals surface area contributed by atoms with E-state index < -0.39 is 6.43 Å². The highest BCUT2D eigenvalue weighted by molar-refractivity contribution is 5.29. The molecule has 1 N–H and O–H groups in total. The van der Waals surface area contributed by atoms with Crippen molar-refractivity contribution in [2.75, 3.05) is 7.11 Å². The molecule has 0 aliphatic carbocycles. The van der Waals surface area contributed by atoms with Crippen molar-refractivity contribution in [3.05, 3.63) is 65.2 Å². The zero-order valence-corrected chi connectivity index (χ0v) is 12.1. The summed E-state index contributed by atoms with van der Waals surface area (Å²) >= 11 is 0. The van der Waals surface area contributed by atoms with Crippen LogP contribution in [-0.2, 0) is 6.54 Å². The zero-order valence-electron chi connectivity index (χ0n) is 12.1. The normalized spacial score (nSPS) is 12.4. The molecule has 0 bridgehead atoms. The Labute approximate surface area is 123 Å². The van der Waals surface area contributed by atoms with E-state index in [2.05, 4.69) is 5.32 Å². The molecular weight excluding hydrogens is 272 g/mol. The summed E-state index contributed by atoms with van der Waals surface area (Å²) in [5, 5.41) is 3.33. The minimum atomic E-state index is -2.43. The van der Waals surface area contributed by atoms with Gasteiger partial charge in [-0.1, -0.05) is 30.3 Å². The summed E-state index contributed by atoms with van der Waals surface area (Å²) in [5.41, 5.74) is 2.04. The molecule has 1 unspecified atom stereocenters. The Morgan fingerprint density at radius 1 is 1.05 bits per heavy atom. The van der Waals surface area contributed by atoms with Crippen molar-refractivity contribution in [1.82, 2.24) is 5.32 Å². The fourth-order valence-corrected chi connectivity index (χ4v) is 2.12. The number of methoxy groups -OCH3 is 1. The van der Waals surface area contributed by atoms with Gasteiger partial charge in [-0.2, -0.15) is 0 Å². The second kappa shape index (κ2) is 7.18. The lowest BCUT2D eigenvalue weighted by Crippen LogP contribution is -2.18. The SMILES string of the molecule is COc1ccc(C(C)NCc2cccc(C(F)F)c2)cc1. The van der Waals surface area contributed by atoms with E-state index in [1.54, 1.807) is 19.2 Å². The first-order valence-corrected chi connectivity index (χ1v) is 6.84. The van der Waals surface area contributed by atoms with E-state index >= 15 is 0 Å². The number of hydrogen-bond donors (Lipinski definition) is 1. The molecule has 0 radical (unpaired) electrons. The predicted molar refractivity (Wildman–Crippen MR) is 79.6 cm³/mol. The molecule has 0 spiro atoms. The van der Waals surface area contributed by atoms with Crippen LogP contribution in [0, 0.1) is 0 Å². The van der Waals surface area contributed by atoms with E-state index in [9.17, 15) is 8.78 Å². The van der Waals surface area contributed by atoms with Crippen molar-refractivity contribution in [2.24, 2.45) is 0 Å². The third kappa shape index (κ3) is 4.26. The molecule has 2 aromatic carbocycles. The lowest BCUT2D eigenvalue weighted by Gasteiger charge is -2.15. The molecular formula is C17H19F2NO. The van der Waals surface area contributed by atoms with Crippen molar-refractivity contribution in [3.8, 4) is 5.75 Å². The van der Waals surface area contributed by atoms with Crippen LogP contribution in [0.25, 0.3) is 0 Å². The van der Waals surface area contributed by atoms with Gasteiger partial charge in [0.15, 0.2) is 0 Å². The molecule has 2 aromatic rings. The van der Waals surface area contributed by atoms with Gasteiger partial charge in [0, 0.05) is 18.2 Å². The first-order valence-electron chi connectivity index (χ1n) is 6.84. The standard InChI is InChI=1S/C17H19F2NO/c1-12(14-6-8-16(21-2)9-7-14)20-11-13-4-3-5-15(10-13)17(18)19/h3-10,12,17,20H,11H2,1-2H3. The first kappa shape index (κ1) is 15.4. The Kier molecular flexibility index (Phi) is 5.28. The molecule has 21 heavy (non-hydrogen) atoms. The van der Waals surface area contributed by atoms with Gasteiger partial charge in [0.25, 0.3) is 6.43 Å². The molecule has 0 aromatic heterocycles. The average Bonchev–Trinajstić information content (AvgIpc) is 2.53. The number of benzene rings is 2. The molecule has 0 heterocycles. The monoisotopic (exact) mass is 291 g/mol. The minimum Gasteiger partial charge on any atom is -0.497 e. The fraction of sp³-hybridized carbons (Fsp3) is 0.294. The lowest BCUT2D eigenvalue weighted by molar-refractivity contribution is 0.151. The Morgan fingerprint density at radius 3 is 2.38 bits per heavy atom. The fourth-order valence-electron chi connectivity index (χ4n) is 2.12. The summed E-state index contributed by atoms with van der Waals surface area (Å²) in [6, 6.07) is 14.4. The van der Waals surface area contributed by atoms with Gasteiger partial charge in [-0.3, -0.25) is 0 Å². The van der Waals surface area contributed by atoms with Gasteiger partial charge < -0.3 is 10.1 Å². The highest BCUT2D eigenvalue weighted by Gasteiger charge is 2.08. The molecule has 0 aliphatic rings. The zero-order chi connectivity index (χ0) is 15.2. The van der Waals surface area contributed by atoms with Crippen LogP contribution in [-0.4, -0.2) is 7.11 Å². The summed E-state index contributed by atoms with van der Waals surface area (Å²) < 4.78 is 30.4. The predicted octanol–water partition coefficient (Wildman–Crippen LogP) is 4.48. The molecule has 0 saturated heterocycles. The van der Waals surface area contributed by atoms with Gasteiger partial charge in [0.05, 0.1) is 7.11 Å². The summed E-state index contributed by atoms with van der Waals surface area (Å²) in [5.74, 6) is 0.815. The van der Waals surface area contributed by atoms with Gasteiger partial charge in [-0.25, -0.2) is 8.78 Å². The topological polar surface area (TPSA) is 21.3 Å². The number of rotatable bonds is 6. The molecule has 4 heteroatoms. The van der Waals surface area contributed by atoms with Crippen LogP contribution in [0.5, 0.6) is 5.75 Å². The quantitative estimate of drug-likeness (QED) is 0.847. The van der Waals surface area contributed by atoms with Crippen LogP contribution >= 0.6 is 0 Å². The minimum absolute atomic E-state index is 0.0615. The van der Waals surface area contributed by atoms with Crippen molar-refractivity contribution in [3.63, 3.8) is 0 Å².